The van der Waals surface area contributed by atoms with Crippen molar-refractivity contribution in [2.24, 2.45) is 0 Å². The smallest absolute Gasteiger partial charge is 0.237 e. The number of amides is 2. The number of rotatable bonds is 8. The molecule has 0 saturated heterocycles. The van der Waals surface area contributed by atoms with Crippen molar-refractivity contribution in [1.29, 1.82) is 0 Å². The van der Waals surface area contributed by atoms with E-state index in [1.165, 1.54) is 11.1 Å². The summed E-state index contributed by atoms with van der Waals surface area (Å²) in [6.07, 6.45) is 1.53. The normalized spacial score (nSPS) is 10.4. The predicted octanol–water partition coefficient (Wildman–Crippen LogP) is 2.17. The Labute approximate surface area is 142 Å². The van der Waals surface area contributed by atoms with Gasteiger partial charge in [-0.3, -0.25) is 9.59 Å². The summed E-state index contributed by atoms with van der Waals surface area (Å²) in [4.78, 5) is 26.2. The quantitative estimate of drug-likeness (QED) is 0.678. The second-order valence-corrected chi connectivity index (χ2v) is 5.70. The van der Waals surface area contributed by atoms with Crippen LogP contribution in [0, 0.1) is 0 Å². The average molecular weight is 345 g/mol. The topological polar surface area (TPSA) is 40.6 Å². The SMILES string of the molecule is CN(CCc1ccccc1CCN(C)C(=O)CCl)C(=O)CCl. The Morgan fingerprint density at radius 3 is 1.55 bits per heavy atom. The van der Waals surface area contributed by atoms with Crippen molar-refractivity contribution in [2.45, 2.75) is 12.8 Å². The van der Waals surface area contributed by atoms with E-state index in [4.69, 9.17) is 23.2 Å². The minimum atomic E-state index is -0.0772. The zero-order valence-electron chi connectivity index (χ0n) is 13.0. The molecule has 4 nitrogen and oxygen atoms in total. The van der Waals surface area contributed by atoms with Gasteiger partial charge in [-0.2, -0.15) is 0 Å². The maximum atomic E-state index is 11.5. The molecule has 6 heteroatoms. The monoisotopic (exact) mass is 344 g/mol. The Kier molecular flexibility index (Phi) is 8.28. The number of halogens is 2. The number of nitrogens with zero attached hydrogens (tertiary/aromatic N) is 2. The Balaban J connectivity index is 2.62. The number of benzene rings is 1. The maximum Gasteiger partial charge on any atom is 0.237 e. The van der Waals surface area contributed by atoms with Gasteiger partial charge in [0.05, 0.1) is 0 Å². The fourth-order valence-electron chi connectivity index (χ4n) is 2.08. The Bertz CT molecular complexity index is 464. The Hall–Kier alpha value is -1.26. The number of likely N-dealkylation sites (N-methyl/N-ethyl adjacent to an activating group) is 2. The van der Waals surface area contributed by atoms with Gasteiger partial charge in [-0.1, -0.05) is 24.3 Å². The molecule has 1 rings (SSSR count). The van der Waals surface area contributed by atoms with E-state index in [2.05, 4.69) is 12.1 Å². The molecule has 0 aliphatic carbocycles. The zero-order valence-corrected chi connectivity index (χ0v) is 14.5. The number of hydrogen-bond acceptors (Lipinski definition) is 2. The van der Waals surface area contributed by atoms with Crippen LogP contribution in [0.25, 0.3) is 0 Å². The molecule has 0 aromatic heterocycles. The summed E-state index contributed by atoms with van der Waals surface area (Å²) >= 11 is 11.1. The van der Waals surface area contributed by atoms with Gasteiger partial charge in [0.2, 0.25) is 11.8 Å². The lowest BCUT2D eigenvalue weighted by Crippen LogP contribution is -2.31. The van der Waals surface area contributed by atoms with E-state index in [1.54, 1.807) is 23.9 Å². The maximum absolute atomic E-state index is 11.5. The molecule has 0 atom stereocenters. The third kappa shape index (κ3) is 5.85. The van der Waals surface area contributed by atoms with Crippen LogP contribution in [0.2, 0.25) is 0 Å². The van der Waals surface area contributed by atoms with E-state index in [0.717, 1.165) is 12.8 Å². The number of carbonyl (C=O) groups is 2. The first-order valence-corrected chi connectivity index (χ1v) is 8.23. The number of alkyl halides is 2. The van der Waals surface area contributed by atoms with Crippen LogP contribution in [0.1, 0.15) is 11.1 Å². The molecule has 0 aliphatic rings. The average Bonchev–Trinajstić information content (AvgIpc) is 2.56. The lowest BCUT2D eigenvalue weighted by Gasteiger charge is -2.19. The molecule has 0 radical (unpaired) electrons. The fraction of sp³-hybridized carbons (Fsp3) is 0.500. The minimum absolute atomic E-state index is 0.00345. The molecule has 0 aliphatic heterocycles. The van der Waals surface area contributed by atoms with Gasteiger partial charge in [0.25, 0.3) is 0 Å². The van der Waals surface area contributed by atoms with E-state index in [1.807, 2.05) is 12.1 Å². The van der Waals surface area contributed by atoms with Crippen molar-refractivity contribution in [2.75, 3.05) is 38.9 Å². The van der Waals surface area contributed by atoms with Crippen LogP contribution in [0.4, 0.5) is 0 Å². The fourth-order valence-corrected chi connectivity index (χ4v) is 2.48. The second-order valence-electron chi connectivity index (χ2n) is 5.17. The first-order valence-electron chi connectivity index (χ1n) is 7.16. The first-order chi connectivity index (χ1) is 10.5. The highest BCUT2D eigenvalue weighted by Gasteiger charge is 2.10. The van der Waals surface area contributed by atoms with Gasteiger partial charge < -0.3 is 9.80 Å². The van der Waals surface area contributed by atoms with E-state index in [-0.39, 0.29) is 23.6 Å². The van der Waals surface area contributed by atoms with Crippen LogP contribution in [0.5, 0.6) is 0 Å². The highest BCUT2D eigenvalue weighted by molar-refractivity contribution is 6.27. The van der Waals surface area contributed by atoms with E-state index >= 15 is 0 Å². The number of hydrogen-bond donors (Lipinski definition) is 0. The summed E-state index contributed by atoms with van der Waals surface area (Å²) in [5.41, 5.74) is 2.37. The first kappa shape index (κ1) is 18.8. The molecule has 1 aromatic rings. The predicted molar refractivity (Wildman–Crippen MR) is 90.6 cm³/mol. The molecule has 0 saturated carbocycles. The highest BCUT2D eigenvalue weighted by Crippen LogP contribution is 2.12. The summed E-state index contributed by atoms with van der Waals surface area (Å²) in [7, 11) is 3.50. The molecule has 0 spiro atoms. The van der Waals surface area contributed by atoms with Gasteiger partial charge in [-0.25, -0.2) is 0 Å². The molecule has 0 bridgehead atoms. The van der Waals surface area contributed by atoms with E-state index < -0.39 is 0 Å². The standard InChI is InChI=1S/C16H22Cl2N2O2/c1-19(15(21)11-17)9-7-13-5-3-4-6-14(13)8-10-20(2)16(22)12-18/h3-6H,7-12H2,1-2H3. The largest absolute Gasteiger partial charge is 0.344 e. The Morgan fingerprint density at radius 1 is 0.864 bits per heavy atom. The summed E-state index contributed by atoms with van der Waals surface area (Å²) in [5.74, 6) is -0.148. The molecular weight excluding hydrogens is 323 g/mol. The van der Waals surface area contributed by atoms with E-state index in [0.29, 0.717) is 13.1 Å². The van der Waals surface area contributed by atoms with Gasteiger partial charge in [0.1, 0.15) is 11.8 Å². The lowest BCUT2D eigenvalue weighted by molar-refractivity contribution is -0.128. The third-order valence-corrected chi connectivity index (χ3v) is 4.09. The van der Waals surface area contributed by atoms with Crippen LogP contribution in [0.15, 0.2) is 24.3 Å². The van der Waals surface area contributed by atoms with Crippen LogP contribution in [0.3, 0.4) is 0 Å². The van der Waals surface area contributed by atoms with Crippen LogP contribution in [-0.2, 0) is 22.4 Å². The molecule has 2 amide bonds. The van der Waals surface area contributed by atoms with E-state index in [9.17, 15) is 9.59 Å². The van der Waals surface area contributed by atoms with Crippen LogP contribution >= 0.6 is 23.2 Å². The van der Waals surface area contributed by atoms with Crippen LogP contribution in [-0.4, -0.2) is 60.6 Å². The van der Waals surface area contributed by atoms with Crippen molar-refractivity contribution in [3.05, 3.63) is 35.4 Å². The van der Waals surface area contributed by atoms with Gasteiger partial charge in [-0.15, -0.1) is 23.2 Å². The zero-order chi connectivity index (χ0) is 16.5. The highest BCUT2D eigenvalue weighted by atomic mass is 35.5. The molecule has 0 N–H and O–H groups in total. The van der Waals surface area contributed by atoms with Crippen molar-refractivity contribution in [3.8, 4) is 0 Å². The lowest BCUT2D eigenvalue weighted by atomic mass is 10.0. The van der Waals surface area contributed by atoms with Gasteiger partial charge in [0, 0.05) is 27.2 Å². The molecular formula is C16H22Cl2N2O2. The molecule has 0 heterocycles. The number of carbonyl (C=O) groups excluding carboxylic acids is 2. The molecule has 22 heavy (non-hydrogen) atoms. The van der Waals surface area contributed by atoms with Gasteiger partial charge in [0.15, 0.2) is 0 Å². The summed E-state index contributed by atoms with van der Waals surface area (Å²) in [5, 5.41) is 0. The van der Waals surface area contributed by atoms with Crippen LogP contribution < -0.4 is 0 Å². The molecule has 122 valence electrons. The molecule has 0 unspecified atom stereocenters. The summed E-state index contributed by atoms with van der Waals surface area (Å²) < 4.78 is 0. The Morgan fingerprint density at radius 2 is 1.23 bits per heavy atom. The van der Waals surface area contributed by atoms with Crippen molar-refractivity contribution in [3.63, 3.8) is 0 Å². The molecule has 0 fully saturated rings. The van der Waals surface area contributed by atoms with Crippen molar-refractivity contribution >= 4 is 35.0 Å². The van der Waals surface area contributed by atoms with Crippen molar-refractivity contribution < 1.29 is 9.59 Å². The van der Waals surface area contributed by atoms with Gasteiger partial charge in [-0.05, 0) is 24.0 Å². The second kappa shape index (κ2) is 9.70. The minimum Gasteiger partial charge on any atom is -0.344 e. The third-order valence-electron chi connectivity index (χ3n) is 3.63. The van der Waals surface area contributed by atoms with Crippen molar-refractivity contribution in [1.82, 2.24) is 9.80 Å². The van der Waals surface area contributed by atoms with Gasteiger partial charge >= 0.3 is 0 Å². The summed E-state index contributed by atoms with van der Waals surface area (Å²) in [6.45, 7) is 1.25. The summed E-state index contributed by atoms with van der Waals surface area (Å²) in [6, 6.07) is 8.07. The molecule has 1 aromatic carbocycles.